The minimum atomic E-state index is -1.01. The highest BCUT2D eigenvalue weighted by Crippen LogP contribution is 2.26. The number of amides is 2. The summed E-state index contributed by atoms with van der Waals surface area (Å²) in [5.41, 5.74) is 2.75. The molecule has 3 aromatic carbocycles. The molecule has 0 bridgehead atoms. The predicted octanol–water partition coefficient (Wildman–Crippen LogP) is 3.96. The van der Waals surface area contributed by atoms with Crippen LogP contribution in [0.4, 0.5) is 0 Å². The van der Waals surface area contributed by atoms with Gasteiger partial charge in [-0.05, 0) is 28.8 Å². The topological polar surface area (TPSA) is 101 Å². The normalized spacial score (nSPS) is 11.3. The molecule has 8 nitrogen and oxygen atoms in total. The average Bonchev–Trinajstić information content (AvgIpc) is 2.97. The number of aromatic nitrogens is 2. The third-order valence-electron chi connectivity index (χ3n) is 5.76. The third-order valence-corrected chi connectivity index (χ3v) is 5.76. The molecule has 0 saturated carbocycles. The molecular formula is C29H26N4O4. The molecule has 4 aromatic rings. The smallest absolute Gasteiger partial charge is 0.337 e. The summed E-state index contributed by atoms with van der Waals surface area (Å²) in [5, 5.41) is 2.96. The van der Waals surface area contributed by atoms with Crippen LogP contribution >= 0.6 is 0 Å². The Bertz CT molecular complexity index is 1330. The van der Waals surface area contributed by atoms with Crippen LogP contribution in [0.1, 0.15) is 43.6 Å². The highest BCUT2D eigenvalue weighted by Gasteiger charge is 2.33. The molecule has 8 heteroatoms. The van der Waals surface area contributed by atoms with Gasteiger partial charge in [-0.3, -0.25) is 14.6 Å². The second kappa shape index (κ2) is 12.2. The first-order valence-corrected chi connectivity index (χ1v) is 11.7. The lowest BCUT2D eigenvalue weighted by molar-refractivity contribution is -0.126. The van der Waals surface area contributed by atoms with Crippen molar-refractivity contribution in [1.29, 1.82) is 0 Å². The highest BCUT2D eigenvalue weighted by atomic mass is 16.5. The fourth-order valence-corrected chi connectivity index (χ4v) is 3.89. The zero-order valence-electron chi connectivity index (χ0n) is 20.3. The Labute approximate surface area is 215 Å². The molecule has 0 radical (unpaired) electrons. The molecule has 0 spiro atoms. The molecule has 2 amide bonds. The fourth-order valence-electron chi connectivity index (χ4n) is 3.89. The fraction of sp³-hybridized carbons (Fsp3) is 0.138. The number of benzene rings is 3. The molecule has 0 aliphatic carbocycles. The van der Waals surface area contributed by atoms with Gasteiger partial charge in [0.15, 0.2) is 0 Å². The van der Waals surface area contributed by atoms with E-state index in [2.05, 4.69) is 15.3 Å². The first-order chi connectivity index (χ1) is 18.1. The van der Waals surface area contributed by atoms with E-state index in [0.717, 1.165) is 11.1 Å². The minimum absolute atomic E-state index is 0.116. The molecule has 1 atom stereocenters. The van der Waals surface area contributed by atoms with Crippen molar-refractivity contribution in [3.05, 3.63) is 131 Å². The monoisotopic (exact) mass is 494 g/mol. The SMILES string of the molecule is COC(=O)c1ccc([C@H](C(=O)NCc2ccccc2)N(Cc2ccccc2)C(=O)c2cnccn2)cc1. The summed E-state index contributed by atoms with van der Waals surface area (Å²) >= 11 is 0. The van der Waals surface area contributed by atoms with Gasteiger partial charge in [-0.25, -0.2) is 9.78 Å². The van der Waals surface area contributed by atoms with Crippen LogP contribution in [-0.4, -0.2) is 39.8 Å². The number of nitrogens with one attached hydrogen (secondary N) is 1. The Morgan fingerprint density at radius 2 is 1.51 bits per heavy atom. The Morgan fingerprint density at radius 3 is 2.11 bits per heavy atom. The maximum Gasteiger partial charge on any atom is 0.337 e. The van der Waals surface area contributed by atoms with Crippen LogP contribution in [0.25, 0.3) is 0 Å². The van der Waals surface area contributed by atoms with Crippen molar-refractivity contribution in [3.63, 3.8) is 0 Å². The second-order valence-corrected chi connectivity index (χ2v) is 8.23. The molecule has 1 N–H and O–H groups in total. The molecular weight excluding hydrogens is 468 g/mol. The molecule has 0 unspecified atom stereocenters. The molecule has 0 saturated heterocycles. The van der Waals surface area contributed by atoms with Crippen LogP contribution in [0.2, 0.25) is 0 Å². The van der Waals surface area contributed by atoms with Gasteiger partial charge in [-0.15, -0.1) is 0 Å². The van der Waals surface area contributed by atoms with Crippen LogP contribution in [0.3, 0.4) is 0 Å². The van der Waals surface area contributed by atoms with Crippen LogP contribution in [0.15, 0.2) is 104 Å². The molecule has 0 aliphatic heterocycles. The molecule has 186 valence electrons. The van der Waals surface area contributed by atoms with E-state index >= 15 is 0 Å². The van der Waals surface area contributed by atoms with E-state index in [-0.39, 0.29) is 24.7 Å². The summed E-state index contributed by atoms with van der Waals surface area (Å²) in [4.78, 5) is 49.1. The van der Waals surface area contributed by atoms with Crippen molar-refractivity contribution in [2.75, 3.05) is 7.11 Å². The van der Waals surface area contributed by atoms with Gasteiger partial charge in [0.05, 0.1) is 18.9 Å². The Hall–Kier alpha value is -4.85. The lowest BCUT2D eigenvalue weighted by atomic mass is 10.0. The standard InChI is InChI=1S/C29H26N4O4/c1-37-29(36)24-14-12-23(13-15-24)26(27(34)32-18-21-8-4-2-5-9-21)33(20-22-10-6-3-7-11-22)28(35)25-19-30-16-17-31-25/h2-17,19,26H,18,20H2,1H3,(H,32,34)/t26-/m1/s1. The number of ether oxygens (including phenoxy) is 1. The summed E-state index contributed by atoms with van der Waals surface area (Å²) in [6.45, 7) is 0.438. The Kier molecular flexibility index (Phi) is 8.33. The van der Waals surface area contributed by atoms with Gasteiger partial charge in [0.1, 0.15) is 11.7 Å². The van der Waals surface area contributed by atoms with Crippen molar-refractivity contribution in [1.82, 2.24) is 20.2 Å². The molecule has 0 fully saturated rings. The maximum absolute atomic E-state index is 13.7. The van der Waals surface area contributed by atoms with E-state index in [1.165, 1.54) is 30.6 Å². The largest absolute Gasteiger partial charge is 0.465 e. The van der Waals surface area contributed by atoms with Crippen molar-refractivity contribution >= 4 is 17.8 Å². The van der Waals surface area contributed by atoms with Crippen molar-refractivity contribution in [2.45, 2.75) is 19.1 Å². The number of hydrogen-bond acceptors (Lipinski definition) is 6. The van der Waals surface area contributed by atoms with Crippen molar-refractivity contribution in [3.8, 4) is 0 Å². The van der Waals surface area contributed by atoms with Gasteiger partial charge >= 0.3 is 5.97 Å². The molecule has 1 heterocycles. The lowest BCUT2D eigenvalue weighted by Gasteiger charge is -2.31. The number of hydrogen-bond donors (Lipinski definition) is 1. The lowest BCUT2D eigenvalue weighted by Crippen LogP contribution is -2.43. The van der Waals surface area contributed by atoms with Crippen molar-refractivity contribution < 1.29 is 19.1 Å². The first kappa shape index (κ1) is 25.2. The molecule has 37 heavy (non-hydrogen) atoms. The van der Waals surface area contributed by atoms with E-state index in [0.29, 0.717) is 11.1 Å². The second-order valence-electron chi connectivity index (χ2n) is 8.23. The third kappa shape index (κ3) is 6.43. The summed E-state index contributed by atoms with van der Waals surface area (Å²) in [6.07, 6.45) is 4.29. The van der Waals surface area contributed by atoms with E-state index in [1.807, 2.05) is 60.7 Å². The highest BCUT2D eigenvalue weighted by molar-refractivity contribution is 5.96. The van der Waals surface area contributed by atoms with Crippen LogP contribution < -0.4 is 5.32 Å². The van der Waals surface area contributed by atoms with Crippen LogP contribution in [-0.2, 0) is 22.6 Å². The number of methoxy groups -OCH3 is 1. The van der Waals surface area contributed by atoms with Crippen molar-refractivity contribution in [2.24, 2.45) is 0 Å². The zero-order valence-corrected chi connectivity index (χ0v) is 20.3. The van der Waals surface area contributed by atoms with E-state index in [9.17, 15) is 14.4 Å². The number of nitrogens with zero attached hydrogens (tertiary/aromatic N) is 3. The van der Waals surface area contributed by atoms with E-state index in [4.69, 9.17) is 4.74 Å². The van der Waals surface area contributed by atoms with Gasteiger partial charge in [-0.1, -0.05) is 72.8 Å². The predicted molar refractivity (Wildman–Crippen MR) is 137 cm³/mol. The maximum atomic E-state index is 13.7. The first-order valence-electron chi connectivity index (χ1n) is 11.7. The van der Waals surface area contributed by atoms with Gasteiger partial charge in [-0.2, -0.15) is 0 Å². The Morgan fingerprint density at radius 1 is 0.865 bits per heavy atom. The van der Waals surface area contributed by atoms with Gasteiger partial charge < -0.3 is 15.0 Å². The molecule has 0 aliphatic rings. The summed E-state index contributed by atoms with van der Waals surface area (Å²) in [6, 6.07) is 24.4. The quantitative estimate of drug-likeness (QED) is 0.354. The zero-order chi connectivity index (χ0) is 26.0. The number of rotatable bonds is 9. The van der Waals surface area contributed by atoms with E-state index < -0.39 is 17.9 Å². The number of esters is 1. The number of carbonyl (C=O) groups excluding carboxylic acids is 3. The molecule has 4 rings (SSSR count). The minimum Gasteiger partial charge on any atom is -0.465 e. The molecule has 1 aromatic heterocycles. The Balaban J connectivity index is 1.74. The van der Waals surface area contributed by atoms with Gasteiger partial charge in [0.2, 0.25) is 5.91 Å². The van der Waals surface area contributed by atoms with Gasteiger partial charge in [0, 0.05) is 25.5 Å². The van der Waals surface area contributed by atoms with Gasteiger partial charge in [0.25, 0.3) is 5.91 Å². The van der Waals surface area contributed by atoms with E-state index in [1.54, 1.807) is 24.3 Å². The number of carbonyl (C=O) groups is 3. The average molecular weight is 495 g/mol. The summed E-state index contributed by atoms with van der Waals surface area (Å²) in [7, 11) is 1.30. The van der Waals surface area contributed by atoms with Crippen LogP contribution in [0.5, 0.6) is 0 Å². The summed E-state index contributed by atoms with van der Waals surface area (Å²) in [5.74, 6) is -1.31. The van der Waals surface area contributed by atoms with Crippen LogP contribution in [0, 0.1) is 0 Å². The summed E-state index contributed by atoms with van der Waals surface area (Å²) < 4.78 is 4.80.